The van der Waals surface area contributed by atoms with Crippen LogP contribution in [-0.4, -0.2) is 23.7 Å². The second kappa shape index (κ2) is 7.84. The highest BCUT2D eigenvalue weighted by Crippen LogP contribution is 2.36. The van der Waals surface area contributed by atoms with Crippen LogP contribution in [0, 0.1) is 5.92 Å². The Kier molecular flexibility index (Phi) is 5.27. The van der Waals surface area contributed by atoms with E-state index in [2.05, 4.69) is 5.32 Å². The average Bonchev–Trinajstić information content (AvgIpc) is 3.12. The van der Waals surface area contributed by atoms with Gasteiger partial charge in [-0.05, 0) is 79.5 Å². The van der Waals surface area contributed by atoms with Crippen LogP contribution >= 0.6 is 11.6 Å². The lowest BCUT2D eigenvalue weighted by molar-refractivity contribution is -0.142. The molecular formula is C22H23ClN2O3. The molecule has 5 nitrogen and oxygen atoms in total. The van der Waals surface area contributed by atoms with Crippen LogP contribution in [-0.2, 0) is 11.2 Å². The Morgan fingerprint density at radius 2 is 1.75 bits per heavy atom. The highest BCUT2D eigenvalue weighted by Gasteiger charge is 2.27. The number of nitrogens with one attached hydrogen (secondary N) is 1. The predicted molar refractivity (Wildman–Crippen MR) is 110 cm³/mol. The third-order valence-corrected chi connectivity index (χ3v) is 6.13. The third-order valence-electron chi connectivity index (χ3n) is 5.89. The second-order valence-electron chi connectivity index (χ2n) is 7.61. The number of amides is 2. The second-order valence-corrected chi connectivity index (χ2v) is 8.05. The number of carbonyl (C=O) groups excluding carboxylic acids is 1. The maximum absolute atomic E-state index is 12.7. The number of nitrogens with zero attached hydrogens (tertiary/aromatic N) is 1. The molecule has 0 atom stereocenters. The lowest BCUT2D eigenvalue weighted by Crippen LogP contribution is -2.33. The van der Waals surface area contributed by atoms with Crippen molar-refractivity contribution < 1.29 is 14.7 Å². The molecule has 2 aromatic rings. The Bertz CT molecular complexity index is 889. The van der Waals surface area contributed by atoms with Gasteiger partial charge in [0.25, 0.3) is 0 Å². The Labute approximate surface area is 169 Å². The molecule has 1 aliphatic carbocycles. The summed E-state index contributed by atoms with van der Waals surface area (Å²) in [7, 11) is 0. The van der Waals surface area contributed by atoms with Crippen molar-refractivity contribution in [1.82, 2.24) is 0 Å². The van der Waals surface area contributed by atoms with Crippen LogP contribution in [0.1, 0.15) is 42.7 Å². The summed E-state index contributed by atoms with van der Waals surface area (Å²) in [5.74, 6) is -0.481. The van der Waals surface area contributed by atoms with Gasteiger partial charge in [-0.15, -0.1) is 0 Å². The van der Waals surface area contributed by atoms with Crippen LogP contribution < -0.4 is 10.2 Å². The van der Waals surface area contributed by atoms with Crippen LogP contribution in [0.4, 0.5) is 16.2 Å². The zero-order valence-corrected chi connectivity index (χ0v) is 16.3. The molecule has 2 amide bonds. The minimum absolute atomic E-state index is 0.143. The summed E-state index contributed by atoms with van der Waals surface area (Å²) in [5.41, 5.74) is 3.97. The molecular weight excluding hydrogens is 376 g/mol. The highest BCUT2D eigenvalue weighted by atomic mass is 35.5. The molecule has 0 spiro atoms. The molecule has 0 aromatic heterocycles. The van der Waals surface area contributed by atoms with Crippen LogP contribution in [0.25, 0.3) is 0 Å². The number of hydrogen-bond donors (Lipinski definition) is 2. The molecule has 6 heteroatoms. The van der Waals surface area contributed by atoms with Crippen molar-refractivity contribution in [2.75, 3.05) is 16.8 Å². The Morgan fingerprint density at radius 3 is 2.43 bits per heavy atom. The van der Waals surface area contributed by atoms with E-state index in [4.69, 9.17) is 16.7 Å². The van der Waals surface area contributed by atoms with Crippen LogP contribution in [0.3, 0.4) is 0 Å². The molecule has 2 N–H and O–H groups in total. The lowest BCUT2D eigenvalue weighted by Gasteiger charge is -2.26. The number of anilines is 2. The van der Waals surface area contributed by atoms with Gasteiger partial charge in [0, 0.05) is 22.9 Å². The first-order valence-electron chi connectivity index (χ1n) is 9.71. The van der Waals surface area contributed by atoms with Gasteiger partial charge in [0.1, 0.15) is 0 Å². The van der Waals surface area contributed by atoms with Crippen molar-refractivity contribution in [3.63, 3.8) is 0 Å². The molecule has 28 heavy (non-hydrogen) atoms. The number of halogens is 1. The normalized spacial score (nSPS) is 21.2. The molecule has 1 fully saturated rings. The molecule has 0 bridgehead atoms. The third kappa shape index (κ3) is 3.85. The summed E-state index contributed by atoms with van der Waals surface area (Å²) in [6.07, 6.45) is 4.07. The number of rotatable bonds is 3. The van der Waals surface area contributed by atoms with Gasteiger partial charge in [-0.2, -0.15) is 0 Å². The van der Waals surface area contributed by atoms with Crippen molar-refractivity contribution in [1.29, 1.82) is 0 Å². The molecule has 2 aliphatic rings. The first-order valence-corrected chi connectivity index (χ1v) is 10.1. The fraction of sp³-hybridized carbons (Fsp3) is 0.364. The Hall–Kier alpha value is -2.53. The smallest absolute Gasteiger partial charge is 0.326 e. The average molecular weight is 399 g/mol. The van der Waals surface area contributed by atoms with E-state index in [0.717, 1.165) is 49.0 Å². The van der Waals surface area contributed by atoms with Crippen molar-refractivity contribution in [3.05, 3.63) is 58.6 Å². The van der Waals surface area contributed by atoms with E-state index < -0.39 is 5.97 Å². The molecule has 1 saturated carbocycles. The standard InChI is InChI=1S/C22H23ClN2O3/c23-18-7-10-20-17(13-18)11-12-25(20)22(28)24-19-8-5-15(6-9-19)14-1-3-16(4-2-14)21(26)27/h5-10,13-14,16H,1-4,11-12H2,(H,24,28)(H,26,27). The first kappa shape index (κ1) is 18.8. The maximum Gasteiger partial charge on any atom is 0.326 e. The van der Waals surface area contributed by atoms with Gasteiger partial charge in [0.05, 0.1) is 5.92 Å². The molecule has 0 radical (unpaired) electrons. The molecule has 0 unspecified atom stereocenters. The van der Waals surface area contributed by atoms with Crippen molar-refractivity contribution >= 4 is 35.0 Å². The van der Waals surface area contributed by atoms with Gasteiger partial charge in [-0.1, -0.05) is 23.7 Å². The summed E-state index contributed by atoms with van der Waals surface area (Å²) in [4.78, 5) is 25.5. The fourth-order valence-corrected chi connectivity index (χ4v) is 4.48. The summed E-state index contributed by atoms with van der Waals surface area (Å²) in [5, 5.41) is 12.8. The number of hydrogen-bond acceptors (Lipinski definition) is 2. The molecule has 2 aromatic carbocycles. The monoisotopic (exact) mass is 398 g/mol. The van der Waals surface area contributed by atoms with E-state index in [9.17, 15) is 9.59 Å². The van der Waals surface area contributed by atoms with Gasteiger partial charge in [-0.25, -0.2) is 4.79 Å². The zero-order valence-electron chi connectivity index (χ0n) is 15.5. The molecule has 146 valence electrons. The molecule has 4 rings (SSSR count). The Morgan fingerprint density at radius 1 is 1.04 bits per heavy atom. The number of urea groups is 1. The highest BCUT2D eigenvalue weighted by molar-refractivity contribution is 6.30. The largest absolute Gasteiger partial charge is 0.481 e. The van der Waals surface area contributed by atoms with Crippen molar-refractivity contribution in [3.8, 4) is 0 Å². The molecule has 1 aliphatic heterocycles. The minimum atomic E-state index is -0.678. The summed E-state index contributed by atoms with van der Waals surface area (Å²) in [6, 6.07) is 13.4. The number of carbonyl (C=O) groups is 2. The van der Waals surface area contributed by atoms with Crippen molar-refractivity contribution in [2.45, 2.75) is 38.0 Å². The first-order chi connectivity index (χ1) is 13.5. The molecule has 1 heterocycles. The number of fused-ring (bicyclic) bond motifs is 1. The van der Waals surface area contributed by atoms with E-state index in [1.165, 1.54) is 5.56 Å². The van der Waals surface area contributed by atoms with E-state index >= 15 is 0 Å². The van der Waals surface area contributed by atoms with Gasteiger partial charge >= 0.3 is 12.0 Å². The van der Waals surface area contributed by atoms with Crippen LogP contribution in [0.5, 0.6) is 0 Å². The number of carboxylic acids is 1. The number of aliphatic carboxylic acids is 1. The van der Waals surface area contributed by atoms with Crippen LogP contribution in [0.2, 0.25) is 5.02 Å². The van der Waals surface area contributed by atoms with E-state index in [1.807, 2.05) is 36.4 Å². The van der Waals surface area contributed by atoms with Crippen molar-refractivity contribution in [2.24, 2.45) is 5.92 Å². The number of benzene rings is 2. The minimum Gasteiger partial charge on any atom is -0.481 e. The van der Waals surface area contributed by atoms with Gasteiger partial charge in [0.2, 0.25) is 0 Å². The summed E-state index contributed by atoms with van der Waals surface area (Å²) >= 11 is 6.03. The zero-order chi connectivity index (χ0) is 19.7. The maximum atomic E-state index is 12.7. The molecule has 0 saturated heterocycles. The topological polar surface area (TPSA) is 69.6 Å². The van der Waals surface area contributed by atoms with E-state index in [-0.39, 0.29) is 11.9 Å². The summed E-state index contributed by atoms with van der Waals surface area (Å²) < 4.78 is 0. The predicted octanol–water partition coefficient (Wildman–Crippen LogP) is 5.29. The SMILES string of the molecule is O=C(O)C1CCC(c2ccc(NC(=O)N3CCc4cc(Cl)ccc43)cc2)CC1. The van der Waals surface area contributed by atoms with Gasteiger partial charge in [0.15, 0.2) is 0 Å². The number of carboxylic acid groups (broad SMARTS) is 1. The van der Waals surface area contributed by atoms with E-state index in [1.54, 1.807) is 11.0 Å². The van der Waals surface area contributed by atoms with Crippen LogP contribution in [0.15, 0.2) is 42.5 Å². The van der Waals surface area contributed by atoms with Gasteiger partial charge in [-0.3, -0.25) is 9.69 Å². The quantitative estimate of drug-likeness (QED) is 0.737. The fourth-order valence-electron chi connectivity index (χ4n) is 4.28. The summed E-state index contributed by atoms with van der Waals surface area (Å²) in [6.45, 7) is 0.645. The lowest BCUT2D eigenvalue weighted by atomic mass is 9.79. The Balaban J connectivity index is 1.38. The van der Waals surface area contributed by atoms with E-state index in [0.29, 0.717) is 17.5 Å². The van der Waals surface area contributed by atoms with Gasteiger partial charge < -0.3 is 10.4 Å².